The summed E-state index contributed by atoms with van der Waals surface area (Å²) in [6, 6.07) is 5.89. The average Bonchev–Trinajstić information content (AvgIpc) is 2.42. The van der Waals surface area contributed by atoms with Gasteiger partial charge >= 0.3 is 6.09 Å². The molecule has 0 fully saturated rings. The van der Waals surface area contributed by atoms with E-state index in [4.69, 9.17) is 16.3 Å². The Labute approximate surface area is 145 Å². The first kappa shape index (κ1) is 19.8. The van der Waals surface area contributed by atoms with Crippen molar-refractivity contribution in [3.8, 4) is 0 Å². The summed E-state index contributed by atoms with van der Waals surface area (Å²) in [6.45, 7) is 12.6. The second-order valence-corrected chi connectivity index (χ2v) is 7.15. The van der Waals surface area contributed by atoms with Crippen LogP contribution >= 0.6 is 11.6 Å². The highest BCUT2D eigenvalue weighted by molar-refractivity contribution is 6.30. The van der Waals surface area contributed by atoms with E-state index in [1.807, 2.05) is 45.9 Å². The van der Waals surface area contributed by atoms with E-state index in [1.54, 1.807) is 4.90 Å². The fraction of sp³-hybridized carbons (Fsp3) is 0.611. The predicted molar refractivity (Wildman–Crippen MR) is 96.0 cm³/mol. The number of amides is 1. The molecule has 1 amide bonds. The molecular weight excluding hydrogens is 312 g/mol. The lowest BCUT2D eigenvalue weighted by Crippen LogP contribution is -2.40. The van der Waals surface area contributed by atoms with Crippen LogP contribution in [0.4, 0.5) is 4.79 Å². The van der Waals surface area contributed by atoms with Crippen LogP contribution < -0.4 is 5.32 Å². The minimum atomic E-state index is -0.461. The van der Waals surface area contributed by atoms with Crippen molar-refractivity contribution in [3.05, 3.63) is 34.3 Å². The molecule has 4 nitrogen and oxygen atoms in total. The van der Waals surface area contributed by atoms with Gasteiger partial charge in [-0.05, 0) is 57.4 Å². The molecule has 1 aromatic carbocycles. The Balaban J connectivity index is 2.45. The lowest BCUT2D eigenvalue weighted by atomic mass is 10.1. The van der Waals surface area contributed by atoms with Gasteiger partial charge in [0.1, 0.15) is 5.60 Å². The van der Waals surface area contributed by atoms with Crippen LogP contribution in [0.15, 0.2) is 18.2 Å². The lowest BCUT2D eigenvalue weighted by Gasteiger charge is -2.27. The molecule has 0 aromatic heterocycles. The number of hydrogen-bond donors (Lipinski definition) is 1. The third-order valence-electron chi connectivity index (χ3n) is 3.32. The maximum Gasteiger partial charge on any atom is 0.410 e. The second kappa shape index (κ2) is 9.14. The normalized spacial score (nSPS) is 11.4. The summed E-state index contributed by atoms with van der Waals surface area (Å²) in [6.07, 6.45) is 0.666. The number of nitrogens with one attached hydrogen (secondary N) is 1. The van der Waals surface area contributed by atoms with Crippen LogP contribution in [0, 0.1) is 6.92 Å². The highest BCUT2D eigenvalue weighted by atomic mass is 35.5. The smallest absolute Gasteiger partial charge is 0.410 e. The van der Waals surface area contributed by atoms with E-state index in [0.29, 0.717) is 13.1 Å². The fourth-order valence-electron chi connectivity index (χ4n) is 2.19. The van der Waals surface area contributed by atoms with Crippen LogP contribution in [0.1, 0.15) is 45.2 Å². The van der Waals surface area contributed by atoms with E-state index in [1.165, 1.54) is 11.1 Å². The standard InChI is InChI=1S/C18H29ClN2O2/c1-6-10-21(17(22)23-18(3,4)5)11-9-20-13-15-7-8-16(19)12-14(15)2/h7-8,12,20H,6,9-11,13H2,1-5H3. The summed E-state index contributed by atoms with van der Waals surface area (Å²) in [5.41, 5.74) is 1.92. The molecule has 0 bridgehead atoms. The van der Waals surface area contributed by atoms with Gasteiger partial charge in [0.15, 0.2) is 0 Å². The minimum absolute atomic E-state index is 0.246. The summed E-state index contributed by atoms with van der Waals surface area (Å²) in [5, 5.41) is 4.13. The SMILES string of the molecule is CCCN(CCNCc1ccc(Cl)cc1C)C(=O)OC(C)(C)C. The van der Waals surface area contributed by atoms with Crippen molar-refractivity contribution in [3.63, 3.8) is 0 Å². The Morgan fingerprint density at radius 3 is 2.57 bits per heavy atom. The summed E-state index contributed by atoms with van der Waals surface area (Å²) < 4.78 is 5.44. The number of carbonyl (C=O) groups is 1. The Kier molecular flexibility index (Phi) is 7.86. The van der Waals surface area contributed by atoms with Gasteiger partial charge in [0.05, 0.1) is 0 Å². The maximum absolute atomic E-state index is 12.2. The van der Waals surface area contributed by atoms with Crippen molar-refractivity contribution in [1.82, 2.24) is 10.2 Å². The summed E-state index contributed by atoms with van der Waals surface area (Å²) >= 11 is 5.96. The van der Waals surface area contributed by atoms with Crippen LogP contribution in [0.5, 0.6) is 0 Å². The van der Waals surface area contributed by atoms with E-state index in [0.717, 1.165) is 24.5 Å². The van der Waals surface area contributed by atoms with Crippen LogP contribution in [0.2, 0.25) is 5.02 Å². The molecular formula is C18H29ClN2O2. The van der Waals surface area contributed by atoms with E-state index in [-0.39, 0.29) is 6.09 Å². The van der Waals surface area contributed by atoms with E-state index < -0.39 is 5.60 Å². The van der Waals surface area contributed by atoms with E-state index >= 15 is 0 Å². The Morgan fingerprint density at radius 2 is 2.00 bits per heavy atom. The van der Waals surface area contributed by atoms with Crippen molar-refractivity contribution < 1.29 is 9.53 Å². The van der Waals surface area contributed by atoms with Crippen LogP contribution in [0.25, 0.3) is 0 Å². The highest BCUT2D eigenvalue weighted by Gasteiger charge is 2.21. The average molecular weight is 341 g/mol. The number of carbonyl (C=O) groups excluding carboxylic acids is 1. The molecule has 0 heterocycles. The summed E-state index contributed by atoms with van der Waals surface area (Å²) in [4.78, 5) is 13.9. The van der Waals surface area contributed by atoms with Gasteiger partial charge in [-0.2, -0.15) is 0 Å². The first-order valence-electron chi connectivity index (χ1n) is 8.16. The molecule has 0 radical (unpaired) electrons. The number of rotatable bonds is 7. The number of ether oxygens (including phenoxy) is 1. The molecule has 0 saturated heterocycles. The third-order valence-corrected chi connectivity index (χ3v) is 3.56. The Hall–Kier alpha value is -1.26. The van der Waals surface area contributed by atoms with Gasteiger partial charge in [-0.25, -0.2) is 4.79 Å². The van der Waals surface area contributed by atoms with Crippen molar-refractivity contribution >= 4 is 17.7 Å². The molecule has 130 valence electrons. The van der Waals surface area contributed by atoms with Crippen molar-refractivity contribution in [2.45, 2.75) is 53.2 Å². The molecule has 0 aliphatic carbocycles. The molecule has 0 aliphatic heterocycles. The highest BCUT2D eigenvalue weighted by Crippen LogP contribution is 2.15. The molecule has 0 aliphatic rings. The first-order valence-corrected chi connectivity index (χ1v) is 8.54. The molecule has 0 saturated carbocycles. The number of aryl methyl sites for hydroxylation is 1. The number of benzene rings is 1. The Morgan fingerprint density at radius 1 is 1.30 bits per heavy atom. The summed E-state index contributed by atoms with van der Waals surface area (Å²) in [5.74, 6) is 0. The van der Waals surface area contributed by atoms with Crippen molar-refractivity contribution in [2.24, 2.45) is 0 Å². The Bertz CT molecular complexity index is 512. The first-order chi connectivity index (χ1) is 10.7. The molecule has 1 N–H and O–H groups in total. The topological polar surface area (TPSA) is 41.6 Å². The molecule has 0 atom stereocenters. The molecule has 1 aromatic rings. The quantitative estimate of drug-likeness (QED) is 0.749. The van der Waals surface area contributed by atoms with Gasteiger partial charge in [0.25, 0.3) is 0 Å². The van der Waals surface area contributed by atoms with Gasteiger partial charge in [0, 0.05) is 31.2 Å². The zero-order valence-corrected chi connectivity index (χ0v) is 15.7. The van der Waals surface area contributed by atoms with Crippen molar-refractivity contribution in [2.75, 3.05) is 19.6 Å². The van der Waals surface area contributed by atoms with Crippen LogP contribution in [-0.2, 0) is 11.3 Å². The monoisotopic (exact) mass is 340 g/mol. The van der Waals surface area contributed by atoms with Gasteiger partial charge in [-0.15, -0.1) is 0 Å². The zero-order chi connectivity index (χ0) is 17.5. The van der Waals surface area contributed by atoms with Crippen LogP contribution in [-0.4, -0.2) is 36.2 Å². The van der Waals surface area contributed by atoms with Gasteiger partial charge in [0.2, 0.25) is 0 Å². The fourth-order valence-corrected chi connectivity index (χ4v) is 2.41. The van der Waals surface area contributed by atoms with Gasteiger partial charge in [-0.1, -0.05) is 24.6 Å². The van der Waals surface area contributed by atoms with E-state index in [9.17, 15) is 4.79 Å². The number of halogens is 1. The molecule has 0 unspecified atom stereocenters. The number of nitrogens with zero attached hydrogens (tertiary/aromatic N) is 1. The predicted octanol–water partition coefficient (Wildman–Crippen LogP) is 4.39. The molecule has 1 rings (SSSR count). The van der Waals surface area contributed by atoms with Gasteiger partial charge in [-0.3, -0.25) is 0 Å². The zero-order valence-electron chi connectivity index (χ0n) is 14.9. The maximum atomic E-state index is 12.2. The van der Waals surface area contributed by atoms with Gasteiger partial charge < -0.3 is 15.0 Å². The number of hydrogen-bond acceptors (Lipinski definition) is 3. The second-order valence-electron chi connectivity index (χ2n) is 6.71. The lowest BCUT2D eigenvalue weighted by molar-refractivity contribution is 0.0252. The third kappa shape index (κ3) is 7.71. The van der Waals surface area contributed by atoms with E-state index in [2.05, 4.69) is 12.2 Å². The van der Waals surface area contributed by atoms with Crippen LogP contribution in [0.3, 0.4) is 0 Å². The largest absolute Gasteiger partial charge is 0.444 e. The molecule has 0 spiro atoms. The summed E-state index contributed by atoms with van der Waals surface area (Å²) in [7, 11) is 0. The van der Waals surface area contributed by atoms with Crippen molar-refractivity contribution in [1.29, 1.82) is 0 Å². The minimum Gasteiger partial charge on any atom is -0.444 e. The molecule has 23 heavy (non-hydrogen) atoms. The molecule has 5 heteroatoms.